The zero-order valence-electron chi connectivity index (χ0n) is 18.5. The van der Waals surface area contributed by atoms with Crippen LogP contribution in [0, 0.1) is 5.92 Å². The SMILES string of the molecule is CCOc1ccc(C(NC(=O)c2ccc3c(c2)NC(=O)CCS3)C(C)C)cc1OCC. The highest BCUT2D eigenvalue weighted by atomic mass is 32.2. The second-order valence-electron chi connectivity index (χ2n) is 7.62. The summed E-state index contributed by atoms with van der Waals surface area (Å²) in [4.78, 5) is 26.0. The summed E-state index contributed by atoms with van der Waals surface area (Å²) in [6.45, 7) is 9.07. The maximum absolute atomic E-state index is 13.1. The average molecular weight is 443 g/mol. The van der Waals surface area contributed by atoms with Gasteiger partial charge in [-0.05, 0) is 55.7 Å². The topological polar surface area (TPSA) is 76.7 Å². The molecule has 0 radical (unpaired) electrons. The molecule has 1 unspecified atom stereocenters. The molecule has 0 spiro atoms. The lowest BCUT2D eigenvalue weighted by Crippen LogP contribution is -2.31. The Morgan fingerprint density at radius 2 is 1.84 bits per heavy atom. The van der Waals surface area contributed by atoms with Crippen LogP contribution in [0.2, 0.25) is 0 Å². The molecule has 0 fully saturated rings. The number of nitrogens with one attached hydrogen (secondary N) is 2. The first-order valence-corrected chi connectivity index (χ1v) is 11.7. The van der Waals surface area contributed by atoms with Gasteiger partial charge in [-0.3, -0.25) is 9.59 Å². The Hall–Kier alpha value is -2.67. The second kappa shape index (κ2) is 10.6. The number of anilines is 1. The summed E-state index contributed by atoms with van der Waals surface area (Å²) in [5.74, 6) is 2.05. The number of amides is 2. The number of rotatable bonds is 8. The molecular formula is C24H30N2O4S. The van der Waals surface area contributed by atoms with E-state index in [2.05, 4.69) is 24.5 Å². The Morgan fingerprint density at radius 3 is 2.55 bits per heavy atom. The van der Waals surface area contributed by atoms with Crippen molar-refractivity contribution in [2.75, 3.05) is 24.3 Å². The van der Waals surface area contributed by atoms with Gasteiger partial charge in [0.25, 0.3) is 5.91 Å². The Morgan fingerprint density at radius 1 is 1.10 bits per heavy atom. The Labute approximate surface area is 188 Å². The fourth-order valence-electron chi connectivity index (χ4n) is 3.48. The van der Waals surface area contributed by atoms with Gasteiger partial charge in [0.05, 0.1) is 24.9 Å². The van der Waals surface area contributed by atoms with Gasteiger partial charge in [0.2, 0.25) is 5.91 Å². The van der Waals surface area contributed by atoms with Crippen LogP contribution in [0.1, 0.15) is 56.1 Å². The maximum atomic E-state index is 13.1. The first-order chi connectivity index (χ1) is 14.9. The molecule has 2 amide bonds. The minimum atomic E-state index is -0.204. The lowest BCUT2D eigenvalue weighted by molar-refractivity contribution is -0.115. The van der Waals surface area contributed by atoms with E-state index in [1.54, 1.807) is 23.9 Å². The van der Waals surface area contributed by atoms with Crippen LogP contribution in [0.4, 0.5) is 5.69 Å². The normalized spacial score (nSPS) is 14.3. The van der Waals surface area contributed by atoms with Crippen LogP contribution >= 0.6 is 11.8 Å². The van der Waals surface area contributed by atoms with Crippen molar-refractivity contribution in [3.63, 3.8) is 0 Å². The van der Waals surface area contributed by atoms with Crippen LogP contribution in [0.3, 0.4) is 0 Å². The molecule has 1 atom stereocenters. The van der Waals surface area contributed by atoms with Crippen LogP contribution in [0.15, 0.2) is 41.3 Å². The Kier molecular flexibility index (Phi) is 7.85. The van der Waals surface area contributed by atoms with E-state index < -0.39 is 0 Å². The van der Waals surface area contributed by atoms with Crippen molar-refractivity contribution in [2.24, 2.45) is 5.92 Å². The molecule has 0 aliphatic carbocycles. The highest BCUT2D eigenvalue weighted by Crippen LogP contribution is 2.34. The lowest BCUT2D eigenvalue weighted by atomic mass is 9.95. The van der Waals surface area contributed by atoms with Crippen molar-refractivity contribution in [3.8, 4) is 11.5 Å². The molecule has 2 aromatic rings. The average Bonchev–Trinajstić information content (AvgIpc) is 2.93. The number of carbonyl (C=O) groups excluding carboxylic acids is 2. The predicted molar refractivity (Wildman–Crippen MR) is 124 cm³/mol. The minimum Gasteiger partial charge on any atom is -0.490 e. The molecule has 6 nitrogen and oxygen atoms in total. The highest BCUT2D eigenvalue weighted by molar-refractivity contribution is 7.99. The molecule has 3 rings (SSSR count). The first kappa shape index (κ1) is 23.0. The van der Waals surface area contributed by atoms with E-state index in [0.29, 0.717) is 42.4 Å². The van der Waals surface area contributed by atoms with Crippen LogP contribution in [-0.4, -0.2) is 30.8 Å². The third kappa shape index (κ3) is 5.73. The van der Waals surface area contributed by atoms with Crippen molar-refractivity contribution >= 4 is 29.3 Å². The fraction of sp³-hybridized carbons (Fsp3) is 0.417. The van der Waals surface area contributed by atoms with Crippen molar-refractivity contribution in [3.05, 3.63) is 47.5 Å². The fourth-order valence-corrected chi connectivity index (χ4v) is 4.42. The van der Waals surface area contributed by atoms with Crippen LogP contribution in [0.25, 0.3) is 0 Å². The smallest absolute Gasteiger partial charge is 0.251 e. The number of benzene rings is 2. The molecule has 1 aliphatic rings. The largest absolute Gasteiger partial charge is 0.490 e. The van der Waals surface area contributed by atoms with Gasteiger partial charge >= 0.3 is 0 Å². The summed E-state index contributed by atoms with van der Waals surface area (Å²) < 4.78 is 11.4. The number of carbonyl (C=O) groups is 2. The second-order valence-corrected chi connectivity index (χ2v) is 8.76. The highest BCUT2D eigenvalue weighted by Gasteiger charge is 2.22. The van der Waals surface area contributed by atoms with E-state index in [1.165, 1.54) is 0 Å². The third-order valence-corrected chi connectivity index (χ3v) is 6.06. The molecule has 1 heterocycles. The van der Waals surface area contributed by atoms with E-state index in [0.717, 1.165) is 16.2 Å². The van der Waals surface area contributed by atoms with Gasteiger partial charge in [-0.1, -0.05) is 19.9 Å². The van der Waals surface area contributed by atoms with Crippen molar-refractivity contribution < 1.29 is 19.1 Å². The van der Waals surface area contributed by atoms with Crippen LogP contribution < -0.4 is 20.1 Å². The van der Waals surface area contributed by atoms with Gasteiger partial charge in [-0.25, -0.2) is 0 Å². The third-order valence-electron chi connectivity index (χ3n) is 4.98. The number of hydrogen-bond donors (Lipinski definition) is 2. The van der Waals surface area contributed by atoms with Gasteiger partial charge in [0.15, 0.2) is 11.5 Å². The summed E-state index contributed by atoms with van der Waals surface area (Å²) in [7, 11) is 0. The summed E-state index contributed by atoms with van der Waals surface area (Å²) in [6.07, 6.45) is 0.468. The van der Waals surface area contributed by atoms with E-state index in [4.69, 9.17) is 9.47 Å². The quantitative estimate of drug-likeness (QED) is 0.599. The van der Waals surface area contributed by atoms with Gasteiger partial charge < -0.3 is 20.1 Å². The van der Waals surface area contributed by atoms with Gasteiger partial charge in [0, 0.05) is 22.6 Å². The van der Waals surface area contributed by atoms with Crippen molar-refractivity contribution in [1.82, 2.24) is 5.32 Å². The maximum Gasteiger partial charge on any atom is 0.251 e. The predicted octanol–water partition coefficient (Wildman–Crippen LogP) is 5.05. The minimum absolute atomic E-state index is 0.0262. The molecule has 0 saturated carbocycles. The zero-order valence-corrected chi connectivity index (χ0v) is 19.3. The monoisotopic (exact) mass is 442 g/mol. The number of ether oxygens (including phenoxy) is 2. The molecule has 2 aromatic carbocycles. The van der Waals surface area contributed by atoms with E-state index in [9.17, 15) is 9.59 Å². The summed E-state index contributed by atoms with van der Waals surface area (Å²) in [6, 6.07) is 11.0. The number of hydrogen-bond acceptors (Lipinski definition) is 5. The van der Waals surface area contributed by atoms with E-state index >= 15 is 0 Å². The number of fused-ring (bicyclic) bond motifs is 1. The molecular weight excluding hydrogens is 412 g/mol. The van der Waals surface area contributed by atoms with Crippen LogP contribution in [-0.2, 0) is 4.79 Å². The summed E-state index contributed by atoms with van der Waals surface area (Å²) >= 11 is 1.62. The molecule has 0 aromatic heterocycles. The van der Waals surface area contributed by atoms with Gasteiger partial charge in [-0.15, -0.1) is 11.8 Å². The Balaban J connectivity index is 1.84. The lowest BCUT2D eigenvalue weighted by Gasteiger charge is -2.24. The summed E-state index contributed by atoms with van der Waals surface area (Å²) in [5, 5.41) is 6.04. The van der Waals surface area contributed by atoms with Crippen LogP contribution in [0.5, 0.6) is 11.5 Å². The Bertz CT molecular complexity index is 945. The molecule has 31 heavy (non-hydrogen) atoms. The zero-order chi connectivity index (χ0) is 22.4. The van der Waals surface area contributed by atoms with E-state index in [-0.39, 0.29) is 23.8 Å². The van der Waals surface area contributed by atoms with Crippen molar-refractivity contribution in [2.45, 2.75) is 45.1 Å². The summed E-state index contributed by atoms with van der Waals surface area (Å²) in [5.41, 5.74) is 2.16. The molecule has 1 aliphatic heterocycles. The van der Waals surface area contributed by atoms with Gasteiger partial charge in [0.1, 0.15) is 0 Å². The van der Waals surface area contributed by atoms with Gasteiger partial charge in [-0.2, -0.15) is 0 Å². The molecule has 0 saturated heterocycles. The molecule has 2 N–H and O–H groups in total. The molecule has 166 valence electrons. The molecule has 7 heteroatoms. The first-order valence-electron chi connectivity index (χ1n) is 10.7. The number of thioether (sulfide) groups is 1. The standard InChI is InChI=1S/C24H30N2O4S/c1-5-29-19-9-7-16(14-20(19)30-6-2)23(15(3)4)26-24(28)17-8-10-21-18(13-17)25-22(27)11-12-31-21/h7-10,13-15,23H,5-6,11-12H2,1-4H3,(H,25,27)(H,26,28). The van der Waals surface area contributed by atoms with Crippen molar-refractivity contribution in [1.29, 1.82) is 0 Å². The van der Waals surface area contributed by atoms with E-state index in [1.807, 2.05) is 38.1 Å². The molecule has 0 bridgehead atoms.